The van der Waals surface area contributed by atoms with E-state index in [0.717, 1.165) is 16.6 Å². The SMILES string of the molecule is Cc1ccc(-c2ncc3c(SCC(=O)Nc4ccc(C(C)C)cc4)ncnc3n2)cc1. The quantitative estimate of drug-likeness (QED) is 0.333. The van der Waals surface area contributed by atoms with Crippen molar-refractivity contribution in [2.75, 3.05) is 11.1 Å². The maximum atomic E-state index is 12.4. The fraction of sp³-hybridized carbons (Fsp3) is 0.208. The van der Waals surface area contributed by atoms with Crippen molar-refractivity contribution in [3.63, 3.8) is 0 Å². The van der Waals surface area contributed by atoms with Gasteiger partial charge in [-0.1, -0.05) is 67.6 Å². The summed E-state index contributed by atoms with van der Waals surface area (Å²) in [4.78, 5) is 30.1. The lowest BCUT2D eigenvalue weighted by atomic mass is 10.0. The molecule has 0 saturated carbocycles. The summed E-state index contributed by atoms with van der Waals surface area (Å²) in [6, 6.07) is 16.0. The van der Waals surface area contributed by atoms with E-state index in [0.29, 0.717) is 22.4 Å². The zero-order valence-corrected chi connectivity index (χ0v) is 18.5. The highest BCUT2D eigenvalue weighted by Crippen LogP contribution is 2.25. The molecule has 0 spiro atoms. The predicted molar refractivity (Wildman–Crippen MR) is 125 cm³/mol. The van der Waals surface area contributed by atoms with Gasteiger partial charge in [0.25, 0.3) is 0 Å². The molecule has 1 amide bonds. The maximum absolute atomic E-state index is 12.4. The lowest BCUT2D eigenvalue weighted by molar-refractivity contribution is -0.113. The summed E-state index contributed by atoms with van der Waals surface area (Å²) in [5.41, 5.74) is 4.70. The standard InChI is InChI=1S/C24H23N5OS/c1-15(2)17-8-10-19(11-9-17)28-21(30)13-31-24-20-12-25-22(29-23(20)26-14-27-24)18-6-4-16(3)5-7-18/h4-12,14-15H,13H2,1-3H3,(H,28,30). The molecule has 4 aromatic rings. The van der Waals surface area contributed by atoms with Crippen molar-refractivity contribution < 1.29 is 4.79 Å². The molecule has 4 rings (SSSR count). The maximum Gasteiger partial charge on any atom is 0.234 e. The Hall–Kier alpha value is -3.32. The molecular formula is C24H23N5OS. The zero-order chi connectivity index (χ0) is 21.8. The monoisotopic (exact) mass is 429 g/mol. The summed E-state index contributed by atoms with van der Waals surface area (Å²) in [5.74, 6) is 1.22. The fourth-order valence-electron chi connectivity index (χ4n) is 3.07. The van der Waals surface area contributed by atoms with Crippen LogP contribution in [0, 0.1) is 6.92 Å². The summed E-state index contributed by atoms with van der Waals surface area (Å²) in [7, 11) is 0. The molecule has 2 aromatic carbocycles. The van der Waals surface area contributed by atoms with Gasteiger partial charge in [-0.2, -0.15) is 0 Å². The minimum atomic E-state index is -0.0914. The first kappa shape index (κ1) is 20.9. The molecular weight excluding hydrogens is 406 g/mol. The highest BCUT2D eigenvalue weighted by atomic mass is 32.2. The van der Waals surface area contributed by atoms with Crippen LogP contribution in [-0.2, 0) is 4.79 Å². The van der Waals surface area contributed by atoms with E-state index in [1.807, 2.05) is 55.5 Å². The summed E-state index contributed by atoms with van der Waals surface area (Å²) in [5, 5.41) is 4.35. The van der Waals surface area contributed by atoms with Crippen molar-refractivity contribution in [3.05, 3.63) is 72.2 Å². The lowest BCUT2D eigenvalue weighted by Gasteiger charge is -2.09. The number of amides is 1. The van der Waals surface area contributed by atoms with Gasteiger partial charge < -0.3 is 5.32 Å². The van der Waals surface area contributed by atoms with E-state index in [1.165, 1.54) is 29.2 Å². The lowest BCUT2D eigenvalue weighted by Crippen LogP contribution is -2.14. The summed E-state index contributed by atoms with van der Waals surface area (Å²) < 4.78 is 0. The second kappa shape index (κ2) is 9.22. The van der Waals surface area contributed by atoms with E-state index < -0.39 is 0 Å². The van der Waals surface area contributed by atoms with Crippen LogP contribution in [0.1, 0.15) is 30.9 Å². The van der Waals surface area contributed by atoms with Gasteiger partial charge in [0.2, 0.25) is 5.91 Å². The Balaban J connectivity index is 1.45. The molecule has 0 bridgehead atoms. The number of aromatic nitrogens is 4. The summed E-state index contributed by atoms with van der Waals surface area (Å²) in [6.45, 7) is 6.33. The molecule has 0 saturated heterocycles. The number of benzene rings is 2. The first-order valence-electron chi connectivity index (χ1n) is 10.1. The van der Waals surface area contributed by atoms with Crippen LogP contribution >= 0.6 is 11.8 Å². The number of rotatable bonds is 6. The number of hydrogen-bond donors (Lipinski definition) is 1. The Morgan fingerprint density at radius 1 is 1.00 bits per heavy atom. The van der Waals surface area contributed by atoms with Crippen molar-refractivity contribution in [3.8, 4) is 11.4 Å². The molecule has 0 radical (unpaired) electrons. The van der Waals surface area contributed by atoms with Crippen molar-refractivity contribution in [1.82, 2.24) is 19.9 Å². The molecule has 1 N–H and O–H groups in total. The number of aryl methyl sites for hydroxylation is 1. The van der Waals surface area contributed by atoms with E-state index in [9.17, 15) is 4.79 Å². The van der Waals surface area contributed by atoms with Crippen LogP contribution in [0.3, 0.4) is 0 Å². The third kappa shape index (κ3) is 5.06. The number of carbonyl (C=O) groups is 1. The van der Waals surface area contributed by atoms with Crippen LogP contribution in [-0.4, -0.2) is 31.6 Å². The first-order valence-corrected chi connectivity index (χ1v) is 11.1. The average Bonchev–Trinajstić information content (AvgIpc) is 2.78. The van der Waals surface area contributed by atoms with Gasteiger partial charge in [-0.05, 0) is 30.5 Å². The highest BCUT2D eigenvalue weighted by Gasteiger charge is 2.11. The third-order valence-corrected chi connectivity index (χ3v) is 5.87. The van der Waals surface area contributed by atoms with E-state index in [4.69, 9.17) is 0 Å². The summed E-state index contributed by atoms with van der Waals surface area (Å²) in [6.07, 6.45) is 3.20. The van der Waals surface area contributed by atoms with Crippen LogP contribution in [0.15, 0.2) is 66.1 Å². The Morgan fingerprint density at radius 2 is 1.74 bits per heavy atom. The Morgan fingerprint density at radius 3 is 2.45 bits per heavy atom. The number of carbonyl (C=O) groups excluding carboxylic acids is 1. The van der Waals surface area contributed by atoms with Crippen LogP contribution in [0.25, 0.3) is 22.4 Å². The van der Waals surface area contributed by atoms with E-state index in [2.05, 4.69) is 39.1 Å². The second-order valence-corrected chi connectivity index (χ2v) is 8.55. The Labute approximate surface area is 185 Å². The van der Waals surface area contributed by atoms with Crippen molar-refractivity contribution in [1.29, 1.82) is 0 Å². The molecule has 0 fully saturated rings. The molecule has 0 aliphatic carbocycles. The molecule has 0 aliphatic heterocycles. The molecule has 0 atom stereocenters. The summed E-state index contributed by atoms with van der Waals surface area (Å²) >= 11 is 1.35. The van der Waals surface area contributed by atoms with Crippen LogP contribution < -0.4 is 5.32 Å². The van der Waals surface area contributed by atoms with Gasteiger partial charge in [0, 0.05) is 17.4 Å². The van der Waals surface area contributed by atoms with Gasteiger partial charge in [-0.25, -0.2) is 19.9 Å². The van der Waals surface area contributed by atoms with Crippen molar-refractivity contribution >= 4 is 34.4 Å². The van der Waals surface area contributed by atoms with Gasteiger partial charge in [0.1, 0.15) is 11.4 Å². The predicted octanol–water partition coefficient (Wildman–Crippen LogP) is 5.25. The molecule has 6 nitrogen and oxygen atoms in total. The van der Waals surface area contributed by atoms with Gasteiger partial charge >= 0.3 is 0 Å². The van der Waals surface area contributed by atoms with Crippen LogP contribution in [0.4, 0.5) is 5.69 Å². The topological polar surface area (TPSA) is 80.7 Å². The normalized spacial score (nSPS) is 11.1. The second-order valence-electron chi connectivity index (χ2n) is 7.59. The molecule has 7 heteroatoms. The van der Waals surface area contributed by atoms with E-state index in [1.54, 1.807) is 6.20 Å². The molecule has 0 aliphatic rings. The number of hydrogen-bond acceptors (Lipinski definition) is 6. The largest absolute Gasteiger partial charge is 0.325 e. The first-order chi connectivity index (χ1) is 15.0. The zero-order valence-electron chi connectivity index (χ0n) is 17.7. The molecule has 2 aromatic heterocycles. The number of nitrogens with zero attached hydrogens (tertiary/aromatic N) is 4. The van der Waals surface area contributed by atoms with Gasteiger partial charge in [0.05, 0.1) is 11.1 Å². The number of nitrogens with one attached hydrogen (secondary N) is 1. The van der Waals surface area contributed by atoms with Crippen LogP contribution in [0.2, 0.25) is 0 Å². The van der Waals surface area contributed by atoms with Gasteiger partial charge in [0.15, 0.2) is 11.5 Å². The van der Waals surface area contributed by atoms with Gasteiger partial charge in [-0.3, -0.25) is 4.79 Å². The van der Waals surface area contributed by atoms with E-state index in [-0.39, 0.29) is 11.7 Å². The van der Waals surface area contributed by atoms with Crippen molar-refractivity contribution in [2.24, 2.45) is 0 Å². The fourth-order valence-corrected chi connectivity index (χ4v) is 3.83. The Kier molecular flexibility index (Phi) is 6.23. The van der Waals surface area contributed by atoms with E-state index >= 15 is 0 Å². The molecule has 0 unspecified atom stereocenters. The average molecular weight is 430 g/mol. The highest BCUT2D eigenvalue weighted by molar-refractivity contribution is 8.00. The molecule has 156 valence electrons. The third-order valence-electron chi connectivity index (χ3n) is 4.86. The molecule has 31 heavy (non-hydrogen) atoms. The minimum absolute atomic E-state index is 0.0914. The number of anilines is 1. The minimum Gasteiger partial charge on any atom is -0.325 e. The number of fused-ring (bicyclic) bond motifs is 1. The Bertz CT molecular complexity index is 1210. The molecule has 2 heterocycles. The van der Waals surface area contributed by atoms with Crippen molar-refractivity contribution in [2.45, 2.75) is 31.7 Å². The number of thioether (sulfide) groups is 1. The van der Waals surface area contributed by atoms with Gasteiger partial charge in [-0.15, -0.1) is 0 Å². The van der Waals surface area contributed by atoms with Crippen LogP contribution in [0.5, 0.6) is 0 Å². The smallest absolute Gasteiger partial charge is 0.234 e.